The minimum Gasteiger partial charge on any atom is -0.332 e. The monoisotopic (exact) mass is 354 g/mol. The lowest BCUT2D eigenvalue weighted by atomic mass is 9.82. The average Bonchev–Trinajstić information content (AvgIpc) is 2.49. The number of hydrogen-bond donors (Lipinski definition) is 1. The van der Waals surface area contributed by atoms with Crippen LogP contribution in [-0.4, -0.2) is 11.6 Å². The van der Waals surface area contributed by atoms with Crippen LogP contribution >= 0.6 is 11.8 Å². The van der Waals surface area contributed by atoms with Gasteiger partial charge in [-0.15, -0.1) is 0 Å². The molecule has 0 spiro atoms. The van der Waals surface area contributed by atoms with E-state index in [2.05, 4.69) is 52.1 Å². The van der Waals surface area contributed by atoms with E-state index in [9.17, 15) is 4.79 Å². The molecule has 0 saturated carbocycles. The first-order valence-corrected chi connectivity index (χ1v) is 9.46. The van der Waals surface area contributed by atoms with E-state index < -0.39 is 0 Å². The molecule has 0 aromatic heterocycles. The van der Waals surface area contributed by atoms with Crippen molar-refractivity contribution in [3.05, 3.63) is 48.5 Å². The number of fused-ring (bicyclic) bond motifs is 2. The van der Waals surface area contributed by atoms with E-state index in [1.54, 1.807) is 11.8 Å². The quantitative estimate of drug-likeness (QED) is 0.695. The maximum atomic E-state index is 13.2. The number of benzene rings is 2. The lowest BCUT2D eigenvalue weighted by Gasteiger charge is -2.37. The molecule has 1 heterocycles. The predicted octanol–water partition coefficient (Wildman–Crippen LogP) is 6.21. The Bertz CT molecular complexity index is 747. The normalized spacial score (nSPS) is 13.9. The molecule has 2 aromatic rings. The molecule has 1 aliphatic heterocycles. The van der Waals surface area contributed by atoms with Crippen LogP contribution in [0.5, 0.6) is 0 Å². The standard InChI is InChI=1S/C21H26N2OS/c1-20(2,3)14-21(4,5)22-19(24)23-15-10-6-8-12-17(15)25-18-13-9-7-11-16(18)23/h6-13H,14H2,1-5H3,(H,22,24). The van der Waals surface area contributed by atoms with E-state index >= 15 is 0 Å². The van der Waals surface area contributed by atoms with Crippen molar-refractivity contribution in [3.8, 4) is 0 Å². The summed E-state index contributed by atoms with van der Waals surface area (Å²) in [6.07, 6.45) is 0.900. The van der Waals surface area contributed by atoms with Gasteiger partial charge in [-0.1, -0.05) is 56.8 Å². The minimum absolute atomic E-state index is 0.0746. The van der Waals surface area contributed by atoms with Gasteiger partial charge in [-0.3, -0.25) is 4.90 Å². The van der Waals surface area contributed by atoms with Gasteiger partial charge in [-0.2, -0.15) is 0 Å². The molecular formula is C21H26N2OS. The van der Waals surface area contributed by atoms with Crippen LogP contribution in [0.2, 0.25) is 0 Å². The molecule has 4 heteroatoms. The smallest absolute Gasteiger partial charge is 0.326 e. The highest BCUT2D eigenvalue weighted by molar-refractivity contribution is 7.99. The highest BCUT2D eigenvalue weighted by Gasteiger charge is 2.33. The molecule has 3 rings (SSSR count). The molecule has 0 unspecified atom stereocenters. The number of nitrogens with one attached hydrogen (secondary N) is 1. The third-order valence-electron chi connectivity index (χ3n) is 4.05. The topological polar surface area (TPSA) is 32.3 Å². The Morgan fingerprint density at radius 2 is 1.40 bits per heavy atom. The summed E-state index contributed by atoms with van der Waals surface area (Å²) in [5.74, 6) is 0. The summed E-state index contributed by atoms with van der Waals surface area (Å²) < 4.78 is 0. The molecule has 3 nitrogen and oxygen atoms in total. The van der Waals surface area contributed by atoms with Crippen LogP contribution in [0.25, 0.3) is 0 Å². The van der Waals surface area contributed by atoms with Gasteiger partial charge in [0.15, 0.2) is 0 Å². The zero-order valence-corrected chi connectivity index (χ0v) is 16.4. The Morgan fingerprint density at radius 3 is 1.88 bits per heavy atom. The van der Waals surface area contributed by atoms with Crippen LogP contribution in [0.1, 0.15) is 41.0 Å². The van der Waals surface area contributed by atoms with Crippen molar-refractivity contribution in [2.45, 2.75) is 56.4 Å². The van der Waals surface area contributed by atoms with Crippen molar-refractivity contribution >= 4 is 29.2 Å². The minimum atomic E-state index is -0.288. The second kappa shape index (κ2) is 6.41. The molecule has 2 aromatic carbocycles. The van der Waals surface area contributed by atoms with Gasteiger partial charge in [0.05, 0.1) is 11.4 Å². The summed E-state index contributed by atoms with van der Waals surface area (Å²) in [4.78, 5) is 17.2. The Hall–Kier alpha value is -1.94. The molecule has 0 aliphatic carbocycles. The van der Waals surface area contributed by atoms with E-state index in [1.807, 2.05) is 41.3 Å². The lowest BCUT2D eigenvalue weighted by Crippen LogP contribution is -2.50. The van der Waals surface area contributed by atoms with Gasteiger partial charge >= 0.3 is 6.03 Å². The summed E-state index contributed by atoms with van der Waals surface area (Å²) in [5.41, 5.74) is 1.74. The highest BCUT2D eigenvalue weighted by atomic mass is 32.2. The zero-order valence-electron chi connectivity index (χ0n) is 15.6. The molecule has 2 amide bonds. The summed E-state index contributed by atoms with van der Waals surface area (Å²) >= 11 is 1.71. The Balaban J connectivity index is 1.95. The van der Waals surface area contributed by atoms with E-state index in [-0.39, 0.29) is 17.0 Å². The number of carbonyl (C=O) groups excluding carboxylic acids is 1. The van der Waals surface area contributed by atoms with Crippen LogP contribution in [0, 0.1) is 5.41 Å². The van der Waals surface area contributed by atoms with Crippen molar-refractivity contribution in [3.63, 3.8) is 0 Å². The van der Waals surface area contributed by atoms with Crippen molar-refractivity contribution in [2.75, 3.05) is 4.90 Å². The van der Waals surface area contributed by atoms with Gasteiger partial charge in [0.25, 0.3) is 0 Å². The second-order valence-corrected chi connectivity index (χ2v) is 9.51. The largest absolute Gasteiger partial charge is 0.332 e. The van der Waals surface area contributed by atoms with Gasteiger partial charge in [-0.25, -0.2) is 4.79 Å². The number of rotatable bonds is 2. The van der Waals surface area contributed by atoms with Crippen molar-refractivity contribution in [1.29, 1.82) is 0 Å². The fraction of sp³-hybridized carbons (Fsp3) is 0.381. The van der Waals surface area contributed by atoms with Crippen LogP contribution in [0.3, 0.4) is 0 Å². The van der Waals surface area contributed by atoms with Crippen LogP contribution in [0.15, 0.2) is 58.3 Å². The van der Waals surface area contributed by atoms with Gasteiger partial charge in [0.1, 0.15) is 0 Å². The number of hydrogen-bond acceptors (Lipinski definition) is 2. The maximum Gasteiger partial charge on any atom is 0.326 e. The van der Waals surface area contributed by atoms with Crippen LogP contribution in [-0.2, 0) is 0 Å². The molecule has 0 radical (unpaired) electrons. The average molecular weight is 355 g/mol. The third-order valence-corrected chi connectivity index (χ3v) is 5.18. The second-order valence-electron chi connectivity index (χ2n) is 8.42. The summed E-state index contributed by atoms with van der Waals surface area (Å²) in [5, 5.41) is 3.24. The van der Waals surface area contributed by atoms with E-state index in [4.69, 9.17) is 0 Å². The fourth-order valence-electron chi connectivity index (χ4n) is 3.64. The van der Waals surface area contributed by atoms with Crippen molar-refractivity contribution < 1.29 is 4.79 Å². The molecule has 1 aliphatic rings. The van der Waals surface area contributed by atoms with Gasteiger partial charge < -0.3 is 5.32 Å². The summed E-state index contributed by atoms with van der Waals surface area (Å²) in [7, 11) is 0. The first-order chi connectivity index (χ1) is 11.7. The van der Waals surface area contributed by atoms with Crippen LogP contribution in [0.4, 0.5) is 16.2 Å². The zero-order chi connectivity index (χ0) is 18.2. The maximum absolute atomic E-state index is 13.2. The molecule has 1 N–H and O–H groups in total. The third kappa shape index (κ3) is 4.01. The number of urea groups is 1. The number of anilines is 2. The number of nitrogens with zero attached hydrogens (tertiary/aromatic N) is 1. The first kappa shape index (κ1) is 17.9. The Kier molecular flexibility index (Phi) is 4.58. The predicted molar refractivity (Wildman–Crippen MR) is 106 cm³/mol. The van der Waals surface area contributed by atoms with Gasteiger partial charge in [0.2, 0.25) is 0 Å². The molecular weight excluding hydrogens is 328 g/mol. The fourth-order valence-corrected chi connectivity index (χ4v) is 4.70. The molecule has 0 saturated heterocycles. The highest BCUT2D eigenvalue weighted by Crippen LogP contribution is 2.48. The molecule has 0 bridgehead atoms. The van der Waals surface area contributed by atoms with Crippen LogP contribution < -0.4 is 10.2 Å². The molecule has 132 valence electrons. The summed E-state index contributed by atoms with van der Waals surface area (Å²) in [6.45, 7) is 10.8. The molecule has 0 fully saturated rings. The van der Waals surface area contributed by atoms with Crippen molar-refractivity contribution in [1.82, 2.24) is 5.32 Å². The van der Waals surface area contributed by atoms with E-state index in [0.29, 0.717) is 0 Å². The van der Waals surface area contributed by atoms with E-state index in [0.717, 1.165) is 27.6 Å². The molecule has 0 atom stereocenters. The SMILES string of the molecule is CC(C)(C)CC(C)(C)NC(=O)N1c2ccccc2Sc2ccccc21. The Labute approximate surface area is 154 Å². The number of carbonyl (C=O) groups is 1. The Morgan fingerprint density at radius 1 is 0.920 bits per heavy atom. The number of amides is 2. The van der Waals surface area contributed by atoms with Gasteiger partial charge in [-0.05, 0) is 49.9 Å². The first-order valence-electron chi connectivity index (χ1n) is 8.65. The van der Waals surface area contributed by atoms with Crippen molar-refractivity contribution in [2.24, 2.45) is 5.41 Å². The van der Waals surface area contributed by atoms with Gasteiger partial charge in [0, 0.05) is 15.3 Å². The summed E-state index contributed by atoms with van der Waals surface area (Å²) in [6, 6.07) is 16.1. The van der Waals surface area contributed by atoms with E-state index in [1.165, 1.54) is 0 Å². The lowest BCUT2D eigenvalue weighted by molar-refractivity contribution is 0.217. The molecule has 25 heavy (non-hydrogen) atoms. The number of para-hydroxylation sites is 2.